The van der Waals surface area contributed by atoms with Crippen molar-refractivity contribution >= 4 is 27.3 Å². The average Bonchev–Trinajstić information content (AvgIpc) is 2.13. The summed E-state index contributed by atoms with van der Waals surface area (Å²) >= 11 is 5.56. The summed E-state index contributed by atoms with van der Waals surface area (Å²) in [5, 5.41) is 0. The number of sulfonamides is 1. The third-order valence-corrected chi connectivity index (χ3v) is 4.16. The van der Waals surface area contributed by atoms with Crippen molar-refractivity contribution in [3.8, 4) is 0 Å². The van der Waals surface area contributed by atoms with E-state index in [4.69, 9.17) is 11.6 Å². The summed E-state index contributed by atoms with van der Waals surface area (Å²) in [7, 11) is -3.48. The van der Waals surface area contributed by atoms with Crippen LogP contribution in [0, 0.1) is 18.7 Å². The molecule has 0 aliphatic carbocycles. The molecule has 0 saturated carbocycles. The molecule has 1 aromatic carbocycles. The van der Waals surface area contributed by atoms with Gasteiger partial charge in [-0.15, -0.1) is 11.6 Å². The van der Waals surface area contributed by atoms with Gasteiger partial charge >= 0.3 is 0 Å². The predicted octanol–water partition coefficient (Wildman–Crippen LogP) is 2.75. The topological polar surface area (TPSA) is 46.2 Å². The van der Waals surface area contributed by atoms with Crippen molar-refractivity contribution in [3.63, 3.8) is 0 Å². The monoisotopic (exact) mass is 279 g/mol. The second-order valence-electron chi connectivity index (χ2n) is 4.16. The molecule has 0 amide bonds. The quantitative estimate of drug-likeness (QED) is 0.843. The first kappa shape index (κ1) is 14.3. The van der Waals surface area contributed by atoms with Crippen molar-refractivity contribution < 1.29 is 12.8 Å². The molecule has 0 heterocycles. The highest BCUT2D eigenvalue weighted by Gasteiger charge is 2.15. The van der Waals surface area contributed by atoms with E-state index >= 15 is 0 Å². The molecule has 0 saturated heterocycles. The molecule has 3 nitrogen and oxygen atoms in total. The third kappa shape index (κ3) is 4.91. The number of aryl methyl sites for hydroxylation is 1. The smallest absolute Gasteiger partial charge is 0.233 e. The zero-order valence-electron chi connectivity index (χ0n) is 9.70. The van der Waals surface area contributed by atoms with E-state index in [9.17, 15) is 12.8 Å². The van der Waals surface area contributed by atoms with E-state index in [-0.39, 0.29) is 23.2 Å². The van der Waals surface area contributed by atoms with Crippen LogP contribution in [0.25, 0.3) is 0 Å². The van der Waals surface area contributed by atoms with Crippen LogP contribution in [-0.2, 0) is 10.0 Å². The zero-order valence-corrected chi connectivity index (χ0v) is 11.3. The van der Waals surface area contributed by atoms with Crippen LogP contribution in [0.1, 0.15) is 12.5 Å². The van der Waals surface area contributed by atoms with E-state index in [1.54, 1.807) is 19.9 Å². The van der Waals surface area contributed by atoms with Crippen molar-refractivity contribution in [1.29, 1.82) is 0 Å². The Morgan fingerprint density at radius 1 is 1.41 bits per heavy atom. The molecule has 0 aliphatic rings. The fraction of sp³-hybridized carbons (Fsp3) is 0.455. The highest BCUT2D eigenvalue weighted by molar-refractivity contribution is 7.92. The van der Waals surface area contributed by atoms with Crippen LogP contribution in [0.4, 0.5) is 10.1 Å². The fourth-order valence-electron chi connectivity index (χ4n) is 1.44. The van der Waals surface area contributed by atoms with Crippen molar-refractivity contribution in [3.05, 3.63) is 29.6 Å². The van der Waals surface area contributed by atoms with Gasteiger partial charge in [0, 0.05) is 5.88 Å². The van der Waals surface area contributed by atoms with E-state index in [0.717, 1.165) is 6.07 Å². The van der Waals surface area contributed by atoms with E-state index in [0.29, 0.717) is 5.56 Å². The molecule has 0 spiro atoms. The van der Waals surface area contributed by atoms with Crippen molar-refractivity contribution in [2.24, 2.45) is 5.92 Å². The molecule has 0 aliphatic heterocycles. The molecular formula is C11H15ClFNO2S. The zero-order chi connectivity index (χ0) is 13.1. The minimum absolute atomic E-state index is 0.0773. The average molecular weight is 280 g/mol. The lowest BCUT2D eigenvalue weighted by molar-refractivity contribution is 0.588. The minimum atomic E-state index is -3.48. The van der Waals surface area contributed by atoms with Gasteiger partial charge in [-0.1, -0.05) is 6.92 Å². The lowest BCUT2D eigenvalue weighted by atomic mass is 10.2. The Bertz CT molecular complexity index is 470. The normalized spacial score (nSPS) is 13.4. The van der Waals surface area contributed by atoms with E-state index in [1.807, 2.05) is 0 Å². The molecule has 1 N–H and O–H groups in total. The molecule has 96 valence electrons. The SMILES string of the molecule is Cc1cc(F)cc(NS(=O)(=O)CC(C)CCl)c1. The highest BCUT2D eigenvalue weighted by Crippen LogP contribution is 2.16. The lowest BCUT2D eigenvalue weighted by Gasteiger charge is -2.11. The lowest BCUT2D eigenvalue weighted by Crippen LogP contribution is -2.22. The summed E-state index contributed by atoms with van der Waals surface area (Å²) in [6, 6.07) is 4.06. The number of nitrogens with one attached hydrogen (secondary N) is 1. The van der Waals surface area contributed by atoms with Gasteiger partial charge in [0.05, 0.1) is 11.4 Å². The highest BCUT2D eigenvalue weighted by atomic mass is 35.5. The van der Waals surface area contributed by atoms with E-state index < -0.39 is 15.8 Å². The molecule has 0 bridgehead atoms. The third-order valence-electron chi connectivity index (χ3n) is 2.08. The van der Waals surface area contributed by atoms with Crippen LogP contribution in [0.5, 0.6) is 0 Å². The van der Waals surface area contributed by atoms with Crippen molar-refractivity contribution in [2.45, 2.75) is 13.8 Å². The van der Waals surface area contributed by atoms with Gasteiger partial charge in [0.2, 0.25) is 10.0 Å². The van der Waals surface area contributed by atoms with Gasteiger partial charge in [0.25, 0.3) is 0 Å². The van der Waals surface area contributed by atoms with E-state index in [2.05, 4.69) is 4.72 Å². The van der Waals surface area contributed by atoms with Gasteiger partial charge < -0.3 is 0 Å². The molecule has 1 aromatic rings. The fourth-order valence-corrected chi connectivity index (χ4v) is 3.10. The van der Waals surface area contributed by atoms with E-state index in [1.165, 1.54) is 6.07 Å². The number of anilines is 1. The van der Waals surface area contributed by atoms with Crippen molar-refractivity contribution in [2.75, 3.05) is 16.4 Å². The van der Waals surface area contributed by atoms with Crippen LogP contribution >= 0.6 is 11.6 Å². The Labute approximate surface area is 106 Å². The molecule has 0 radical (unpaired) electrons. The maximum absolute atomic E-state index is 13.1. The number of alkyl halides is 1. The second-order valence-corrected chi connectivity index (χ2v) is 6.24. The van der Waals surface area contributed by atoms with Gasteiger partial charge in [-0.05, 0) is 36.6 Å². The van der Waals surface area contributed by atoms with Crippen LogP contribution in [0.15, 0.2) is 18.2 Å². The number of hydrogen-bond donors (Lipinski definition) is 1. The molecule has 1 rings (SSSR count). The molecule has 6 heteroatoms. The molecule has 1 atom stereocenters. The maximum atomic E-state index is 13.1. The summed E-state index contributed by atoms with van der Waals surface area (Å²) in [6.07, 6.45) is 0. The second kappa shape index (κ2) is 5.69. The maximum Gasteiger partial charge on any atom is 0.233 e. The first-order valence-electron chi connectivity index (χ1n) is 5.16. The van der Waals surface area contributed by atoms with Crippen LogP contribution in [0.2, 0.25) is 0 Å². The standard InChI is InChI=1S/C11H15ClFNO2S/c1-8-3-10(13)5-11(4-8)14-17(15,16)7-9(2)6-12/h3-5,9,14H,6-7H2,1-2H3. The Morgan fingerprint density at radius 2 is 2.06 bits per heavy atom. The molecule has 17 heavy (non-hydrogen) atoms. The Morgan fingerprint density at radius 3 is 2.59 bits per heavy atom. The summed E-state index contributed by atoms with van der Waals surface area (Å²) in [5.41, 5.74) is 0.900. The summed E-state index contributed by atoms with van der Waals surface area (Å²) in [4.78, 5) is 0. The van der Waals surface area contributed by atoms with Crippen LogP contribution in [-0.4, -0.2) is 20.1 Å². The largest absolute Gasteiger partial charge is 0.283 e. The van der Waals surface area contributed by atoms with Crippen LogP contribution < -0.4 is 4.72 Å². The van der Waals surface area contributed by atoms with Gasteiger partial charge in [-0.2, -0.15) is 0 Å². The molecule has 0 aromatic heterocycles. The predicted molar refractivity (Wildman–Crippen MR) is 68.4 cm³/mol. The van der Waals surface area contributed by atoms with Crippen LogP contribution in [0.3, 0.4) is 0 Å². The number of hydrogen-bond acceptors (Lipinski definition) is 2. The number of halogens is 2. The summed E-state index contributed by atoms with van der Waals surface area (Å²) in [6.45, 7) is 3.44. The summed E-state index contributed by atoms with van der Waals surface area (Å²) < 4.78 is 38.8. The molecule has 0 fully saturated rings. The van der Waals surface area contributed by atoms with Gasteiger partial charge in [0.1, 0.15) is 5.82 Å². The van der Waals surface area contributed by atoms with Gasteiger partial charge in [-0.25, -0.2) is 12.8 Å². The van der Waals surface area contributed by atoms with Gasteiger partial charge in [-0.3, -0.25) is 4.72 Å². The minimum Gasteiger partial charge on any atom is -0.283 e. The summed E-state index contributed by atoms with van der Waals surface area (Å²) in [5.74, 6) is -0.424. The Kier molecular flexibility index (Phi) is 4.77. The number of benzene rings is 1. The molecular weight excluding hydrogens is 265 g/mol. The van der Waals surface area contributed by atoms with Gasteiger partial charge in [0.15, 0.2) is 0 Å². The Balaban J connectivity index is 2.83. The van der Waals surface area contributed by atoms with Crippen molar-refractivity contribution in [1.82, 2.24) is 0 Å². The first-order chi connectivity index (χ1) is 7.82. The molecule has 1 unspecified atom stereocenters. The first-order valence-corrected chi connectivity index (χ1v) is 7.35. The Hall–Kier alpha value is -0.810. The number of rotatable bonds is 5.